The van der Waals surface area contributed by atoms with E-state index in [1.54, 1.807) is 6.56 Å². The molecule has 0 spiro atoms. The van der Waals surface area contributed by atoms with Crippen molar-refractivity contribution in [3.63, 3.8) is 0 Å². The summed E-state index contributed by atoms with van der Waals surface area (Å²) in [4.78, 5) is 0. The molecule has 0 amide bonds. The molecule has 0 saturated carbocycles. The van der Waals surface area contributed by atoms with Crippen molar-refractivity contribution in [3.05, 3.63) is 67.3 Å². The molecule has 108 valence electrons. The molecule has 20 heavy (non-hydrogen) atoms. The smallest absolute Gasteiger partial charge is 0.0135 e. The fourth-order valence-electron chi connectivity index (χ4n) is 1.51. The van der Waals surface area contributed by atoms with Crippen molar-refractivity contribution < 1.29 is 23.2 Å². The van der Waals surface area contributed by atoms with E-state index in [1.807, 2.05) is 38.2 Å². The van der Waals surface area contributed by atoms with Crippen LogP contribution in [0, 0.1) is 0 Å². The molecule has 0 heterocycles. The first-order chi connectivity index (χ1) is 9.78. The van der Waals surface area contributed by atoms with Crippen LogP contribution in [0.5, 0.6) is 0 Å². The number of hydrogen-bond donors (Lipinski definition) is 0. The summed E-state index contributed by atoms with van der Waals surface area (Å²) in [7, 11) is 0.417. The molecule has 0 unspecified atom stereocenters. The second-order valence-corrected chi connectivity index (χ2v) is 9.72. The number of rotatable bonds is 3. The molecular weight excluding hydrogens is 336 g/mol. The first-order valence-corrected chi connectivity index (χ1v) is 12.8. The van der Waals surface area contributed by atoms with Crippen LogP contribution in [0.3, 0.4) is 0 Å². The Morgan fingerprint density at radius 1 is 0.900 bits per heavy atom. The van der Waals surface area contributed by atoms with E-state index in [4.69, 9.17) is 0 Å². The summed E-state index contributed by atoms with van der Waals surface area (Å²) >= 11 is -0.312. The first-order valence-electron chi connectivity index (χ1n) is 7.50. The van der Waals surface area contributed by atoms with Gasteiger partial charge in [0.2, 0.25) is 0 Å². The van der Waals surface area contributed by atoms with Gasteiger partial charge in [0.15, 0.2) is 0 Å². The molecule has 0 aromatic heterocycles. The van der Waals surface area contributed by atoms with Gasteiger partial charge in [0.25, 0.3) is 0 Å². The first kappa shape index (κ1) is 19.5. The predicted octanol–water partition coefficient (Wildman–Crippen LogP) is 5.15. The summed E-state index contributed by atoms with van der Waals surface area (Å²) in [5.74, 6) is 0. The van der Waals surface area contributed by atoms with Crippen molar-refractivity contribution in [1.29, 1.82) is 0 Å². The van der Waals surface area contributed by atoms with E-state index < -0.39 is 0 Å². The van der Waals surface area contributed by atoms with Crippen molar-refractivity contribution in [2.24, 2.45) is 0 Å². The van der Waals surface area contributed by atoms with Gasteiger partial charge in [-0.15, -0.1) is 0 Å². The summed E-state index contributed by atoms with van der Waals surface area (Å²) in [5, 5.41) is 0. The molecule has 0 aliphatic heterocycles. The van der Waals surface area contributed by atoms with Gasteiger partial charge in [-0.25, -0.2) is 0 Å². The molecule has 2 heteroatoms. The van der Waals surface area contributed by atoms with Crippen LogP contribution in [0.4, 0.5) is 0 Å². The molecule has 0 saturated heterocycles. The molecule has 0 atom stereocenters. The predicted molar refractivity (Wildman–Crippen MR) is 93.6 cm³/mol. The molecule has 2 rings (SSSR count). The monoisotopic (exact) mass is 362 g/mol. The Bertz CT molecular complexity index is 371. The topological polar surface area (TPSA) is 0 Å². The standard InChI is InChI=1S/C6H10.2C5H5.C2H8Si.Zr/c1-3-5-6-4-2;2*1-2-4-5-3-1;1-3-2;/h3-6H,1-2H3;2*1-3H,4H2;3H2,1-2H3;. The van der Waals surface area contributed by atoms with E-state index >= 15 is 0 Å². The quantitative estimate of drug-likeness (QED) is 0.481. The minimum Gasteiger partial charge on any atom is -0.0877 e. The maximum Gasteiger partial charge on any atom is 0.0135 e. The number of allylic oxidation sites excluding steroid dienone is 12. The van der Waals surface area contributed by atoms with E-state index in [0.717, 1.165) is 0 Å². The minimum atomic E-state index is -0.312. The van der Waals surface area contributed by atoms with Crippen LogP contribution in [0.2, 0.25) is 13.1 Å². The van der Waals surface area contributed by atoms with Gasteiger partial charge in [-0.05, 0) is 13.8 Å². The Balaban J connectivity index is 0.000000344. The Hall–Kier alpha value is -0.460. The van der Waals surface area contributed by atoms with Crippen molar-refractivity contribution in [1.82, 2.24) is 0 Å². The molecule has 2 aliphatic rings. The maximum absolute atomic E-state index is 2.31. The summed E-state index contributed by atoms with van der Waals surface area (Å²) in [6, 6.07) is 0. The molecule has 0 aromatic rings. The van der Waals surface area contributed by atoms with E-state index in [0.29, 0.717) is 9.52 Å². The van der Waals surface area contributed by atoms with Crippen LogP contribution in [-0.2, 0) is 23.2 Å². The Morgan fingerprint density at radius 2 is 1.30 bits per heavy atom. The van der Waals surface area contributed by atoms with Crippen LogP contribution >= 0.6 is 0 Å². The van der Waals surface area contributed by atoms with Gasteiger partial charge < -0.3 is 0 Å². The summed E-state index contributed by atoms with van der Waals surface area (Å²) in [6.45, 7) is 8.53. The van der Waals surface area contributed by atoms with Crippen molar-refractivity contribution in [2.75, 3.05) is 0 Å². The third-order valence-electron chi connectivity index (χ3n) is 2.36. The van der Waals surface area contributed by atoms with Crippen LogP contribution in [0.15, 0.2) is 67.3 Å². The van der Waals surface area contributed by atoms with Gasteiger partial charge in [0.1, 0.15) is 0 Å². The van der Waals surface area contributed by atoms with E-state index in [9.17, 15) is 0 Å². The molecule has 0 bridgehead atoms. The van der Waals surface area contributed by atoms with Gasteiger partial charge in [0.05, 0.1) is 0 Å². The fourth-order valence-corrected chi connectivity index (χ4v) is 4.49. The summed E-state index contributed by atoms with van der Waals surface area (Å²) in [5.41, 5.74) is 0. The largest absolute Gasteiger partial charge is 0.0877 e. The van der Waals surface area contributed by atoms with Crippen molar-refractivity contribution in [2.45, 2.75) is 39.8 Å². The van der Waals surface area contributed by atoms with Crippen LogP contribution in [-0.4, -0.2) is 9.52 Å². The zero-order valence-electron chi connectivity index (χ0n) is 13.4. The zero-order chi connectivity index (χ0) is 15.1. The summed E-state index contributed by atoms with van der Waals surface area (Å²) in [6.07, 6.45) is 24.0. The third kappa shape index (κ3) is 11.4. The zero-order valence-corrected chi connectivity index (χ0v) is 17.3. The fraction of sp³-hybridized carbons (Fsp3) is 0.333. The Morgan fingerprint density at radius 3 is 1.55 bits per heavy atom. The van der Waals surface area contributed by atoms with Gasteiger partial charge in [-0.1, -0.05) is 37.4 Å². The molecular formula is C18H28SiZr. The van der Waals surface area contributed by atoms with E-state index in [2.05, 4.69) is 49.6 Å². The van der Waals surface area contributed by atoms with Crippen molar-refractivity contribution >= 4 is 9.52 Å². The average Bonchev–Trinajstić information content (AvgIpc) is 3.12. The normalized spacial score (nSPS) is 15.6. The van der Waals surface area contributed by atoms with Crippen molar-refractivity contribution in [3.8, 4) is 0 Å². The third-order valence-corrected chi connectivity index (χ3v) is 5.76. The van der Waals surface area contributed by atoms with E-state index in [-0.39, 0.29) is 23.2 Å². The molecule has 0 nitrogen and oxygen atoms in total. The molecule has 0 fully saturated rings. The van der Waals surface area contributed by atoms with Crippen LogP contribution in [0.1, 0.15) is 26.7 Å². The molecule has 0 radical (unpaired) electrons. The van der Waals surface area contributed by atoms with Gasteiger partial charge in [-0.2, -0.15) is 0 Å². The van der Waals surface area contributed by atoms with Gasteiger partial charge >= 0.3 is 79.1 Å². The van der Waals surface area contributed by atoms with E-state index in [1.165, 1.54) is 12.8 Å². The van der Waals surface area contributed by atoms with Gasteiger partial charge in [-0.3, -0.25) is 0 Å². The van der Waals surface area contributed by atoms with Gasteiger partial charge in [0, 0.05) is 9.52 Å². The SMILES string of the molecule is C1=CC[C]([Zr][C]2=CC=CC2)=C1.CC=CC=CC.C[SiH2]C. The summed E-state index contributed by atoms with van der Waals surface area (Å²) < 4.78 is 3.45. The van der Waals surface area contributed by atoms with Crippen LogP contribution < -0.4 is 0 Å². The Kier molecular flexibility index (Phi) is 14.6. The van der Waals surface area contributed by atoms with Crippen LogP contribution in [0.25, 0.3) is 0 Å². The molecule has 2 aliphatic carbocycles. The maximum atomic E-state index is 2.31. The molecule has 0 aromatic carbocycles. The second kappa shape index (κ2) is 14.9. The number of hydrogen-bond acceptors (Lipinski definition) is 0. The Labute approximate surface area is 139 Å². The molecule has 0 N–H and O–H groups in total. The average molecular weight is 364 g/mol. The second-order valence-electron chi connectivity index (χ2n) is 4.53. The minimum absolute atomic E-state index is 0.312.